The van der Waals surface area contributed by atoms with Crippen LogP contribution >= 0.6 is 0 Å². The summed E-state index contributed by atoms with van der Waals surface area (Å²) in [5.41, 5.74) is 13.1. The number of rotatable bonds is 0. The van der Waals surface area contributed by atoms with Crippen molar-refractivity contribution in [3.63, 3.8) is 0 Å². The van der Waals surface area contributed by atoms with Gasteiger partial charge in [0.15, 0.2) is 11.5 Å². The Labute approximate surface area is 111 Å². The van der Waals surface area contributed by atoms with Gasteiger partial charge < -0.3 is 11.5 Å². The van der Waals surface area contributed by atoms with E-state index in [4.69, 9.17) is 11.5 Å². The predicted molar refractivity (Wildman–Crippen MR) is 72.2 cm³/mol. The molecule has 0 atom stereocenters. The number of nitrogen functional groups attached to an aromatic ring is 2. The molecule has 4 aromatic rings. The number of hydrogen-bond acceptors (Lipinski definition) is 8. The Balaban J connectivity index is 0.000000121. The van der Waals surface area contributed by atoms with Crippen molar-refractivity contribution >= 4 is 33.7 Å². The van der Waals surface area contributed by atoms with E-state index in [2.05, 4.69) is 40.3 Å². The van der Waals surface area contributed by atoms with Crippen LogP contribution in [0.5, 0.6) is 0 Å². The van der Waals surface area contributed by atoms with Gasteiger partial charge in [-0.2, -0.15) is 10.2 Å². The van der Waals surface area contributed by atoms with Crippen molar-refractivity contribution in [2.45, 2.75) is 0 Å². The zero-order chi connectivity index (χ0) is 13.9. The number of fused-ring (bicyclic) bond motifs is 2. The lowest BCUT2D eigenvalue weighted by Crippen LogP contribution is -1.91. The summed E-state index contributed by atoms with van der Waals surface area (Å²) in [5, 5.41) is 13.6. The largest absolute Gasteiger partial charge is 0.383 e. The Morgan fingerprint density at radius 1 is 0.800 bits per heavy atom. The molecule has 0 fully saturated rings. The van der Waals surface area contributed by atoms with E-state index in [1.807, 2.05) is 0 Å². The van der Waals surface area contributed by atoms with Gasteiger partial charge in [0.05, 0.1) is 17.8 Å². The first kappa shape index (κ1) is 11.8. The van der Waals surface area contributed by atoms with Gasteiger partial charge in [-0.1, -0.05) is 0 Å². The van der Waals surface area contributed by atoms with E-state index in [1.54, 1.807) is 12.4 Å². The lowest BCUT2D eigenvalue weighted by atomic mass is 10.4. The van der Waals surface area contributed by atoms with Gasteiger partial charge in [-0.25, -0.2) is 19.9 Å². The van der Waals surface area contributed by atoms with Gasteiger partial charge in [0.25, 0.3) is 0 Å². The SMILES string of the molecule is Nc1ncnc2[nH]ncc12.Nc1ncnc2cn[nH]c12. The summed E-state index contributed by atoms with van der Waals surface area (Å²) in [4.78, 5) is 15.4. The van der Waals surface area contributed by atoms with Crippen LogP contribution in [-0.2, 0) is 0 Å². The lowest BCUT2D eigenvalue weighted by Gasteiger charge is -1.89. The van der Waals surface area contributed by atoms with Crippen LogP contribution in [-0.4, -0.2) is 40.3 Å². The number of nitrogens with zero attached hydrogens (tertiary/aromatic N) is 6. The van der Waals surface area contributed by atoms with Gasteiger partial charge >= 0.3 is 0 Å². The summed E-state index contributed by atoms with van der Waals surface area (Å²) < 4.78 is 0. The maximum Gasteiger partial charge on any atom is 0.160 e. The molecule has 4 heterocycles. The maximum atomic E-state index is 5.49. The normalized spacial score (nSPS) is 10.4. The van der Waals surface area contributed by atoms with Crippen LogP contribution in [0.2, 0.25) is 0 Å². The maximum absolute atomic E-state index is 5.49. The first-order valence-electron chi connectivity index (χ1n) is 5.55. The van der Waals surface area contributed by atoms with Gasteiger partial charge in [0.1, 0.15) is 29.5 Å². The topological polar surface area (TPSA) is 161 Å². The molecule has 6 N–H and O–H groups in total. The molecule has 0 saturated heterocycles. The molecule has 0 aromatic carbocycles. The average molecular weight is 270 g/mol. The summed E-state index contributed by atoms with van der Waals surface area (Å²) in [6.07, 6.45) is 6.01. The third-order valence-electron chi connectivity index (χ3n) is 2.55. The molecular weight excluding hydrogens is 260 g/mol. The van der Waals surface area contributed by atoms with Gasteiger partial charge in [-0.3, -0.25) is 10.2 Å². The van der Waals surface area contributed by atoms with Crippen LogP contribution in [0, 0.1) is 0 Å². The third-order valence-corrected chi connectivity index (χ3v) is 2.55. The van der Waals surface area contributed by atoms with E-state index in [0.29, 0.717) is 22.8 Å². The van der Waals surface area contributed by atoms with E-state index in [9.17, 15) is 0 Å². The fourth-order valence-corrected chi connectivity index (χ4v) is 1.57. The highest BCUT2D eigenvalue weighted by Gasteiger charge is 1.99. The Kier molecular flexibility index (Phi) is 2.80. The van der Waals surface area contributed by atoms with Crippen LogP contribution in [0.3, 0.4) is 0 Å². The number of nitrogens with one attached hydrogen (secondary N) is 2. The number of H-pyrrole nitrogens is 2. The second kappa shape index (κ2) is 4.76. The molecule has 0 aliphatic carbocycles. The predicted octanol–water partition coefficient (Wildman–Crippen LogP) is -0.130. The number of aromatic amines is 2. The second-order valence-corrected chi connectivity index (χ2v) is 3.78. The summed E-state index contributed by atoms with van der Waals surface area (Å²) in [6, 6.07) is 0. The Bertz CT molecular complexity index is 775. The fourth-order valence-electron chi connectivity index (χ4n) is 1.57. The van der Waals surface area contributed by atoms with E-state index in [0.717, 1.165) is 10.9 Å². The van der Waals surface area contributed by atoms with Gasteiger partial charge in [-0.05, 0) is 0 Å². The van der Waals surface area contributed by atoms with Crippen molar-refractivity contribution in [1.29, 1.82) is 0 Å². The van der Waals surface area contributed by atoms with E-state index in [1.165, 1.54) is 12.7 Å². The molecule has 100 valence electrons. The Morgan fingerprint density at radius 2 is 1.55 bits per heavy atom. The molecule has 0 unspecified atom stereocenters. The standard InChI is InChI=1S/2C5H5N5/c6-5-4-3(1-9-10-4)7-2-8-5;6-4-3-1-9-10-5(3)8-2-7-4/h1-2H,(H,9,10)(H2,6,7,8);1-2H,(H3,6,7,8,9,10). The van der Waals surface area contributed by atoms with E-state index >= 15 is 0 Å². The van der Waals surface area contributed by atoms with E-state index < -0.39 is 0 Å². The number of hydrogen-bond donors (Lipinski definition) is 4. The molecule has 0 saturated carbocycles. The van der Waals surface area contributed by atoms with Gasteiger partial charge in [0, 0.05) is 0 Å². The zero-order valence-electron chi connectivity index (χ0n) is 10.1. The average Bonchev–Trinajstić information content (AvgIpc) is 3.08. The van der Waals surface area contributed by atoms with Crippen molar-refractivity contribution in [3.05, 3.63) is 25.0 Å². The van der Waals surface area contributed by atoms with Crippen molar-refractivity contribution < 1.29 is 0 Å². The van der Waals surface area contributed by atoms with Crippen LogP contribution in [0.15, 0.2) is 25.0 Å². The summed E-state index contributed by atoms with van der Waals surface area (Å²) in [7, 11) is 0. The highest BCUT2D eigenvalue weighted by atomic mass is 15.1. The Morgan fingerprint density at radius 3 is 2.35 bits per heavy atom. The molecule has 0 aliphatic rings. The van der Waals surface area contributed by atoms with Crippen molar-refractivity contribution in [1.82, 2.24) is 40.3 Å². The number of aromatic nitrogens is 8. The van der Waals surface area contributed by atoms with Crippen LogP contribution in [0.25, 0.3) is 22.1 Å². The summed E-state index contributed by atoms with van der Waals surface area (Å²) in [6.45, 7) is 0. The van der Waals surface area contributed by atoms with E-state index in [-0.39, 0.29) is 0 Å². The van der Waals surface area contributed by atoms with Gasteiger partial charge in [0.2, 0.25) is 0 Å². The van der Waals surface area contributed by atoms with Gasteiger partial charge in [-0.15, -0.1) is 0 Å². The fraction of sp³-hybridized carbons (Fsp3) is 0. The molecule has 0 bridgehead atoms. The minimum absolute atomic E-state index is 0.433. The minimum atomic E-state index is 0.433. The quantitative estimate of drug-likeness (QED) is 0.343. The third kappa shape index (κ3) is 2.05. The van der Waals surface area contributed by atoms with Crippen molar-refractivity contribution in [2.75, 3.05) is 11.5 Å². The summed E-state index contributed by atoms with van der Waals surface area (Å²) >= 11 is 0. The molecule has 10 heteroatoms. The molecular formula is C10H10N10. The molecule has 0 radical (unpaired) electrons. The molecule has 4 aromatic heterocycles. The zero-order valence-corrected chi connectivity index (χ0v) is 10.1. The highest BCUT2D eigenvalue weighted by Crippen LogP contribution is 2.11. The highest BCUT2D eigenvalue weighted by molar-refractivity contribution is 5.84. The molecule has 0 amide bonds. The molecule has 4 rings (SSSR count). The van der Waals surface area contributed by atoms with Crippen LogP contribution < -0.4 is 11.5 Å². The molecule has 20 heavy (non-hydrogen) atoms. The van der Waals surface area contributed by atoms with Crippen LogP contribution in [0.1, 0.15) is 0 Å². The minimum Gasteiger partial charge on any atom is -0.383 e. The first-order chi connectivity index (χ1) is 9.75. The van der Waals surface area contributed by atoms with Crippen molar-refractivity contribution in [2.24, 2.45) is 0 Å². The monoisotopic (exact) mass is 270 g/mol. The summed E-state index contributed by atoms with van der Waals surface area (Å²) in [5.74, 6) is 0.890. The number of anilines is 2. The number of nitrogens with two attached hydrogens (primary N) is 2. The molecule has 0 spiro atoms. The lowest BCUT2D eigenvalue weighted by molar-refractivity contribution is 1.09. The molecule has 10 nitrogen and oxygen atoms in total. The smallest absolute Gasteiger partial charge is 0.160 e. The van der Waals surface area contributed by atoms with Crippen molar-refractivity contribution in [3.8, 4) is 0 Å². The van der Waals surface area contributed by atoms with Crippen LogP contribution in [0.4, 0.5) is 11.6 Å². The second-order valence-electron chi connectivity index (χ2n) is 3.78. The molecule has 0 aliphatic heterocycles. The first-order valence-corrected chi connectivity index (χ1v) is 5.55. The Hall–Kier alpha value is -3.30.